The summed E-state index contributed by atoms with van der Waals surface area (Å²) < 4.78 is 5.03. The molecule has 0 saturated carbocycles. The van der Waals surface area contributed by atoms with E-state index in [0.29, 0.717) is 13.1 Å². The highest BCUT2D eigenvalue weighted by Gasteiger charge is 1.99. The molecule has 0 aliphatic rings. The summed E-state index contributed by atoms with van der Waals surface area (Å²) in [5, 5.41) is 5.21. The Balaban J connectivity index is 2.19. The van der Waals surface area contributed by atoms with Crippen molar-refractivity contribution in [1.29, 1.82) is 0 Å². The lowest BCUT2D eigenvalue weighted by atomic mass is 10.4. The second kappa shape index (κ2) is 5.03. The first-order chi connectivity index (χ1) is 6.33. The topological polar surface area (TPSA) is 54.3 Å². The van der Waals surface area contributed by atoms with Gasteiger partial charge in [-0.15, -0.1) is 6.58 Å². The van der Waals surface area contributed by atoms with Crippen LogP contribution in [0.3, 0.4) is 0 Å². The molecule has 1 rings (SSSR count). The van der Waals surface area contributed by atoms with E-state index in [1.54, 1.807) is 24.5 Å². The van der Waals surface area contributed by atoms with Gasteiger partial charge in [-0.05, 0) is 12.1 Å². The van der Waals surface area contributed by atoms with Crippen LogP contribution in [0.2, 0.25) is 0 Å². The predicted molar refractivity (Wildman–Crippen MR) is 49.1 cm³/mol. The summed E-state index contributed by atoms with van der Waals surface area (Å²) in [4.78, 5) is 11.0. The molecule has 0 unspecified atom stereocenters. The molecule has 0 radical (unpaired) electrons. The quantitative estimate of drug-likeness (QED) is 0.685. The molecule has 0 fully saturated rings. The molecule has 2 N–H and O–H groups in total. The highest BCUT2D eigenvalue weighted by atomic mass is 16.3. The first kappa shape index (κ1) is 9.38. The van der Waals surface area contributed by atoms with E-state index in [1.807, 2.05) is 0 Å². The number of amides is 2. The number of hydrogen-bond donors (Lipinski definition) is 2. The molecule has 0 spiro atoms. The van der Waals surface area contributed by atoms with E-state index in [2.05, 4.69) is 17.2 Å². The first-order valence-electron chi connectivity index (χ1n) is 3.98. The zero-order valence-corrected chi connectivity index (χ0v) is 7.25. The third-order valence-electron chi connectivity index (χ3n) is 1.41. The van der Waals surface area contributed by atoms with Crippen molar-refractivity contribution < 1.29 is 9.21 Å². The molecular formula is C9H12N2O2. The van der Waals surface area contributed by atoms with Gasteiger partial charge in [0, 0.05) is 6.54 Å². The molecule has 0 atom stereocenters. The second-order valence-electron chi connectivity index (χ2n) is 2.43. The van der Waals surface area contributed by atoms with Gasteiger partial charge in [-0.3, -0.25) is 0 Å². The van der Waals surface area contributed by atoms with E-state index in [1.165, 1.54) is 0 Å². The molecule has 4 nitrogen and oxygen atoms in total. The van der Waals surface area contributed by atoms with Crippen LogP contribution in [0.15, 0.2) is 35.5 Å². The molecule has 0 saturated heterocycles. The maximum Gasteiger partial charge on any atom is 0.315 e. The molecule has 0 aromatic carbocycles. The third kappa shape index (κ3) is 3.46. The largest absolute Gasteiger partial charge is 0.467 e. The Morgan fingerprint density at radius 3 is 3.08 bits per heavy atom. The lowest BCUT2D eigenvalue weighted by Gasteiger charge is -2.02. The predicted octanol–water partition coefficient (Wildman–Crippen LogP) is 1.26. The number of nitrogens with one attached hydrogen (secondary N) is 2. The molecule has 4 heteroatoms. The minimum atomic E-state index is -0.226. The smallest absolute Gasteiger partial charge is 0.315 e. The fourth-order valence-electron chi connectivity index (χ4n) is 0.808. The van der Waals surface area contributed by atoms with Gasteiger partial charge in [-0.1, -0.05) is 6.08 Å². The van der Waals surface area contributed by atoms with Crippen molar-refractivity contribution in [3.05, 3.63) is 36.8 Å². The van der Waals surface area contributed by atoms with Gasteiger partial charge in [0.1, 0.15) is 5.76 Å². The van der Waals surface area contributed by atoms with E-state index in [-0.39, 0.29) is 6.03 Å². The lowest BCUT2D eigenvalue weighted by molar-refractivity contribution is 0.240. The molecule has 0 bridgehead atoms. The van der Waals surface area contributed by atoms with Crippen molar-refractivity contribution in [2.24, 2.45) is 0 Å². The van der Waals surface area contributed by atoms with Gasteiger partial charge in [0.05, 0.1) is 12.8 Å². The molecular weight excluding hydrogens is 168 g/mol. The van der Waals surface area contributed by atoms with Crippen LogP contribution >= 0.6 is 0 Å². The number of carbonyl (C=O) groups excluding carboxylic acids is 1. The van der Waals surface area contributed by atoms with Crippen LogP contribution in [-0.2, 0) is 6.54 Å². The summed E-state index contributed by atoms with van der Waals surface area (Å²) >= 11 is 0. The maximum atomic E-state index is 11.0. The fourth-order valence-corrected chi connectivity index (χ4v) is 0.808. The minimum absolute atomic E-state index is 0.226. The van der Waals surface area contributed by atoms with Gasteiger partial charge >= 0.3 is 6.03 Å². The van der Waals surface area contributed by atoms with Crippen molar-refractivity contribution in [2.75, 3.05) is 6.54 Å². The first-order valence-corrected chi connectivity index (χ1v) is 3.98. The fraction of sp³-hybridized carbons (Fsp3) is 0.222. The Labute approximate surface area is 76.6 Å². The number of carbonyl (C=O) groups is 1. The van der Waals surface area contributed by atoms with Gasteiger partial charge in [0.2, 0.25) is 0 Å². The van der Waals surface area contributed by atoms with Crippen LogP contribution in [-0.4, -0.2) is 12.6 Å². The van der Waals surface area contributed by atoms with Crippen LogP contribution in [0.25, 0.3) is 0 Å². The van der Waals surface area contributed by atoms with Crippen molar-refractivity contribution in [2.45, 2.75) is 6.54 Å². The van der Waals surface area contributed by atoms with Crippen molar-refractivity contribution in [3.8, 4) is 0 Å². The normalized spacial score (nSPS) is 9.23. The van der Waals surface area contributed by atoms with E-state index in [9.17, 15) is 4.79 Å². The summed E-state index contributed by atoms with van der Waals surface area (Å²) in [6.07, 6.45) is 3.19. The van der Waals surface area contributed by atoms with Crippen molar-refractivity contribution in [3.63, 3.8) is 0 Å². The minimum Gasteiger partial charge on any atom is -0.467 e. The molecule has 13 heavy (non-hydrogen) atoms. The summed E-state index contributed by atoms with van der Waals surface area (Å²) in [5.41, 5.74) is 0. The van der Waals surface area contributed by atoms with Crippen molar-refractivity contribution >= 4 is 6.03 Å². The number of hydrogen-bond acceptors (Lipinski definition) is 2. The van der Waals surface area contributed by atoms with Crippen LogP contribution in [0.5, 0.6) is 0 Å². The van der Waals surface area contributed by atoms with Gasteiger partial charge in [0.15, 0.2) is 0 Å². The molecule has 2 amide bonds. The van der Waals surface area contributed by atoms with E-state index < -0.39 is 0 Å². The maximum absolute atomic E-state index is 11.0. The summed E-state index contributed by atoms with van der Waals surface area (Å²) in [5.74, 6) is 0.730. The Hall–Kier alpha value is -1.71. The average Bonchev–Trinajstić information content (AvgIpc) is 2.64. The number of rotatable bonds is 4. The lowest BCUT2D eigenvalue weighted by Crippen LogP contribution is -2.34. The zero-order valence-electron chi connectivity index (χ0n) is 7.25. The van der Waals surface area contributed by atoms with Crippen molar-refractivity contribution in [1.82, 2.24) is 10.6 Å². The van der Waals surface area contributed by atoms with Gasteiger partial charge in [-0.25, -0.2) is 4.79 Å². The van der Waals surface area contributed by atoms with Crippen LogP contribution < -0.4 is 10.6 Å². The number of furan rings is 1. The van der Waals surface area contributed by atoms with E-state index in [0.717, 1.165) is 5.76 Å². The highest BCUT2D eigenvalue weighted by Crippen LogP contribution is 1.97. The van der Waals surface area contributed by atoms with Crippen LogP contribution in [0, 0.1) is 0 Å². The van der Waals surface area contributed by atoms with Gasteiger partial charge < -0.3 is 15.1 Å². The molecule has 0 aliphatic carbocycles. The second-order valence-corrected chi connectivity index (χ2v) is 2.43. The van der Waals surface area contributed by atoms with Gasteiger partial charge in [0.25, 0.3) is 0 Å². The number of urea groups is 1. The molecule has 0 aliphatic heterocycles. The average molecular weight is 180 g/mol. The van der Waals surface area contributed by atoms with Crippen LogP contribution in [0.1, 0.15) is 5.76 Å². The standard InChI is InChI=1S/C9H12N2O2/c1-2-5-10-9(12)11-7-8-4-3-6-13-8/h2-4,6H,1,5,7H2,(H2,10,11,12). The Kier molecular flexibility index (Phi) is 3.63. The Morgan fingerprint density at radius 1 is 1.62 bits per heavy atom. The van der Waals surface area contributed by atoms with E-state index in [4.69, 9.17) is 4.42 Å². The summed E-state index contributed by atoms with van der Waals surface area (Å²) in [6.45, 7) is 4.34. The highest BCUT2D eigenvalue weighted by molar-refractivity contribution is 5.73. The Bertz CT molecular complexity index is 267. The molecule has 1 aromatic rings. The van der Waals surface area contributed by atoms with E-state index >= 15 is 0 Å². The molecule has 1 heterocycles. The third-order valence-corrected chi connectivity index (χ3v) is 1.41. The Morgan fingerprint density at radius 2 is 2.46 bits per heavy atom. The molecule has 1 aromatic heterocycles. The summed E-state index contributed by atoms with van der Waals surface area (Å²) in [6, 6.07) is 3.35. The molecule has 70 valence electrons. The van der Waals surface area contributed by atoms with Gasteiger partial charge in [-0.2, -0.15) is 0 Å². The zero-order chi connectivity index (χ0) is 9.52. The monoisotopic (exact) mass is 180 g/mol. The summed E-state index contributed by atoms with van der Waals surface area (Å²) in [7, 11) is 0. The van der Waals surface area contributed by atoms with Crippen LogP contribution in [0.4, 0.5) is 4.79 Å². The SMILES string of the molecule is C=CCNC(=O)NCc1ccco1.